The summed E-state index contributed by atoms with van der Waals surface area (Å²) in [6.45, 7) is 0. The van der Waals surface area contributed by atoms with Crippen molar-refractivity contribution in [2.24, 2.45) is 5.84 Å². The van der Waals surface area contributed by atoms with Gasteiger partial charge in [-0.2, -0.15) is 0 Å². The zero-order valence-electron chi connectivity index (χ0n) is 8.06. The van der Waals surface area contributed by atoms with Crippen LogP contribution in [0, 0.1) is 0 Å². The number of carbonyl (C=O) groups excluding carboxylic acids is 1. The average molecular weight is 193 g/mol. The third kappa shape index (κ3) is 1.12. The molecular weight excluding hydrogens is 182 g/mol. The quantitative estimate of drug-likeness (QED) is 0.471. The van der Waals surface area contributed by atoms with Crippen LogP contribution in [0.3, 0.4) is 0 Å². The van der Waals surface area contributed by atoms with Crippen LogP contribution in [-0.2, 0) is 11.2 Å². The predicted molar refractivity (Wildman–Crippen MR) is 51.7 cm³/mol. The van der Waals surface area contributed by atoms with E-state index in [2.05, 4.69) is 9.97 Å². The van der Waals surface area contributed by atoms with Gasteiger partial charge in [-0.3, -0.25) is 14.7 Å². The molecule has 1 aliphatic rings. The van der Waals surface area contributed by atoms with Gasteiger partial charge in [-0.05, 0) is 0 Å². The molecule has 2 heterocycles. The van der Waals surface area contributed by atoms with Crippen molar-refractivity contribution in [3.63, 3.8) is 0 Å². The summed E-state index contributed by atoms with van der Waals surface area (Å²) < 4.78 is 0. The van der Waals surface area contributed by atoms with E-state index in [0.717, 1.165) is 5.56 Å². The van der Waals surface area contributed by atoms with E-state index in [1.54, 1.807) is 14.1 Å². The van der Waals surface area contributed by atoms with Gasteiger partial charge < -0.3 is 0 Å². The summed E-state index contributed by atoms with van der Waals surface area (Å²) >= 11 is 0. The van der Waals surface area contributed by atoms with Gasteiger partial charge in [-0.15, -0.1) is 0 Å². The van der Waals surface area contributed by atoms with Crippen LogP contribution < -0.4 is 15.8 Å². The summed E-state index contributed by atoms with van der Waals surface area (Å²) in [5, 5.41) is 1.40. The van der Waals surface area contributed by atoms with Crippen LogP contribution in [0.5, 0.6) is 0 Å². The van der Waals surface area contributed by atoms with Gasteiger partial charge in [0, 0.05) is 19.7 Å². The van der Waals surface area contributed by atoms with Gasteiger partial charge in [0.05, 0.1) is 6.42 Å². The van der Waals surface area contributed by atoms with Crippen molar-refractivity contribution < 1.29 is 4.79 Å². The lowest BCUT2D eigenvalue weighted by Crippen LogP contribution is -2.27. The Bertz CT molecular complexity index is 389. The predicted octanol–water partition coefficient (Wildman–Crippen LogP) is -0.695. The first-order valence-corrected chi connectivity index (χ1v) is 4.20. The van der Waals surface area contributed by atoms with Crippen LogP contribution in [0.25, 0.3) is 0 Å². The molecule has 1 aromatic heterocycles. The average Bonchev–Trinajstić information content (AvgIpc) is 2.43. The summed E-state index contributed by atoms with van der Waals surface area (Å²) in [7, 11) is 3.38. The number of hydrazine groups is 1. The molecule has 1 aliphatic heterocycles. The molecule has 0 saturated heterocycles. The van der Waals surface area contributed by atoms with E-state index < -0.39 is 0 Å². The van der Waals surface area contributed by atoms with Gasteiger partial charge in [-0.1, -0.05) is 0 Å². The molecule has 6 heteroatoms. The molecular formula is C8H11N5O. The van der Waals surface area contributed by atoms with Crippen LogP contribution in [0.1, 0.15) is 5.56 Å². The van der Waals surface area contributed by atoms with E-state index in [1.165, 1.54) is 16.2 Å². The first-order chi connectivity index (χ1) is 6.61. The SMILES string of the molecule is CN(N)c1ncnc2c1CC(=O)N2C. The molecule has 0 bridgehead atoms. The number of nitrogens with two attached hydrogens (primary N) is 1. The summed E-state index contributed by atoms with van der Waals surface area (Å²) in [6.07, 6.45) is 1.73. The number of anilines is 2. The molecule has 2 N–H and O–H groups in total. The topological polar surface area (TPSA) is 75.3 Å². The van der Waals surface area contributed by atoms with Crippen LogP contribution in [0.4, 0.5) is 11.6 Å². The second-order valence-corrected chi connectivity index (χ2v) is 3.24. The van der Waals surface area contributed by atoms with Gasteiger partial charge in [0.1, 0.15) is 12.1 Å². The van der Waals surface area contributed by atoms with E-state index >= 15 is 0 Å². The van der Waals surface area contributed by atoms with Gasteiger partial charge in [0.25, 0.3) is 0 Å². The highest BCUT2D eigenvalue weighted by Gasteiger charge is 2.29. The number of hydrogen-bond acceptors (Lipinski definition) is 5. The van der Waals surface area contributed by atoms with Crippen molar-refractivity contribution in [3.05, 3.63) is 11.9 Å². The normalized spacial score (nSPS) is 14.5. The zero-order chi connectivity index (χ0) is 10.3. The number of amides is 1. The Kier molecular flexibility index (Phi) is 1.85. The second-order valence-electron chi connectivity index (χ2n) is 3.24. The Morgan fingerprint density at radius 3 is 2.93 bits per heavy atom. The molecule has 1 amide bonds. The lowest BCUT2D eigenvalue weighted by Gasteiger charge is -2.14. The first kappa shape index (κ1) is 8.89. The maximum Gasteiger partial charge on any atom is 0.232 e. The Morgan fingerprint density at radius 1 is 1.57 bits per heavy atom. The molecule has 0 fully saturated rings. The lowest BCUT2D eigenvalue weighted by atomic mass is 10.2. The van der Waals surface area contributed by atoms with Gasteiger partial charge in [0.2, 0.25) is 5.91 Å². The van der Waals surface area contributed by atoms with E-state index in [0.29, 0.717) is 18.1 Å². The van der Waals surface area contributed by atoms with E-state index in [4.69, 9.17) is 5.84 Å². The van der Waals surface area contributed by atoms with Crippen LogP contribution in [-0.4, -0.2) is 30.0 Å². The molecule has 0 aromatic carbocycles. The third-order valence-corrected chi connectivity index (χ3v) is 2.25. The number of rotatable bonds is 1. The fraction of sp³-hybridized carbons (Fsp3) is 0.375. The highest BCUT2D eigenvalue weighted by Crippen LogP contribution is 2.30. The molecule has 0 spiro atoms. The van der Waals surface area contributed by atoms with Crippen molar-refractivity contribution in [1.82, 2.24) is 9.97 Å². The van der Waals surface area contributed by atoms with Crippen LogP contribution >= 0.6 is 0 Å². The summed E-state index contributed by atoms with van der Waals surface area (Å²) in [5.41, 5.74) is 0.796. The molecule has 0 radical (unpaired) electrons. The molecule has 0 unspecified atom stereocenters. The van der Waals surface area contributed by atoms with E-state index in [9.17, 15) is 4.79 Å². The third-order valence-electron chi connectivity index (χ3n) is 2.25. The summed E-state index contributed by atoms with van der Waals surface area (Å²) in [4.78, 5) is 21.0. The maximum atomic E-state index is 11.4. The summed E-state index contributed by atoms with van der Waals surface area (Å²) in [6, 6.07) is 0. The first-order valence-electron chi connectivity index (χ1n) is 4.20. The highest BCUT2D eigenvalue weighted by atomic mass is 16.2. The summed E-state index contributed by atoms with van der Waals surface area (Å²) in [5.74, 6) is 6.86. The van der Waals surface area contributed by atoms with E-state index in [-0.39, 0.29) is 5.91 Å². The fourth-order valence-electron chi connectivity index (χ4n) is 1.53. The zero-order valence-corrected chi connectivity index (χ0v) is 8.06. The number of carbonyl (C=O) groups is 1. The molecule has 2 rings (SSSR count). The largest absolute Gasteiger partial charge is 0.299 e. The maximum absolute atomic E-state index is 11.4. The highest BCUT2D eigenvalue weighted by molar-refractivity contribution is 6.01. The molecule has 14 heavy (non-hydrogen) atoms. The van der Waals surface area contributed by atoms with Crippen molar-refractivity contribution in [2.75, 3.05) is 24.0 Å². The number of fused-ring (bicyclic) bond motifs is 1. The molecule has 1 aromatic rings. The van der Waals surface area contributed by atoms with Crippen molar-refractivity contribution in [2.45, 2.75) is 6.42 Å². The Morgan fingerprint density at radius 2 is 2.29 bits per heavy atom. The lowest BCUT2D eigenvalue weighted by molar-refractivity contribution is -0.117. The minimum atomic E-state index is 0.0172. The number of nitrogens with zero attached hydrogens (tertiary/aromatic N) is 4. The van der Waals surface area contributed by atoms with E-state index in [1.807, 2.05) is 0 Å². The van der Waals surface area contributed by atoms with Crippen molar-refractivity contribution in [3.8, 4) is 0 Å². The van der Waals surface area contributed by atoms with Crippen LogP contribution in [0.2, 0.25) is 0 Å². The number of likely N-dealkylation sites (N-methyl/N-ethyl adjacent to an activating group) is 1. The molecule has 6 nitrogen and oxygen atoms in total. The molecule has 0 aliphatic carbocycles. The van der Waals surface area contributed by atoms with Crippen molar-refractivity contribution >= 4 is 17.5 Å². The fourth-order valence-corrected chi connectivity index (χ4v) is 1.53. The van der Waals surface area contributed by atoms with Crippen molar-refractivity contribution in [1.29, 1.82) is 0 Å². The Labute approximate surface area is 81.3 Å². The van der Waals surface area contributed by atoms with Crippen LogP contribution in [0.15, 0.2) is 6.33 Å². The van der Waals surface area contributed by atoms with Gasteiger partial charge >= 0.3 is 0 Å². The Balaban J connectivity index is 2.55. The molecule has 0 atom stereocenters. The number of aromatic nitrogens is 2. The molecule has 74 valence electrons. The standard InChI is InChI=1S/C8H11N5O/c1-12-6(14)3-5-7(12)10-4-11-8(5)13(2)9/h4H,3,9H2,1-2H3. The smallest absolute Gasteiger partial charge is 0.232 e. The number of hydrogen-bond donors (Lipinski definition) is 1. The van der Waals surface area contributed by atoms with Gasteiger partial charge in [-0.25, -0.2) is 15.8 Å². The second kappa shape index (κ2) is 2.91. The minimum Gasteiger partial charge on any atom is -0.299 e. The monoisotopic (exact) mass is 193 g/mol. The van der Waals surface area contributed by atoms with Gasteiger partial charge in [0.15, 0.2) is 5.82 Å². The Hall–Kier alpha value is -1.69. The minimum absolute atomic E-state index is 0.0172. The molecule has 0 saturated carbocycles.